The third kappa shape index (κ3) is 4.32. The lowest BCUT2D eigenvalue weighted by Crippen LogP contribution is -2.46. The molecule has 5 heteroatoms. The summed E-state index contributed by atoms with van der Waals surface area (Å²) in [4.78, 5) is 23.8. The van der Waals surface area contributed by atoms with Crippen LogP contribution >= 0.6 is 0 Å². The smallest absolute Gasteiger partial charge is 0.250 e. The standard InChI is InChI=1S/C19H23N3O2/c23-18-6-2-4-12-22(18)14-16-9-7-15(8-10-16)13-21-19(24)17-5-1-3-11-20-17/h2,4,6-10,12,17,20H,1,3,5,11,13-14H2,(H,21,24). The number of nitrogens with zero attached hydrogens (tertiary/aromatic N) is 1. The van der Waals surface area contributed by atoms with Gasteiger partial charge in [0.2, 0.25) is 5.91 Å². The highest BCUT2D eigenvalue weighted by Gasteiger charge is 2.19. The second kappa shape index (κ2) is 7.93. The normalized spacial score (nSPS) is 17.4. The molecule has 0 radical (unpaired) electrons. The van der Waals surface area contributed by atoms with E-state index in [-0.39, 0.29) is 17.5 Å². The van der Waals surface area contributed by atoms with Crippen molar-refractivity contribution in [3.8, 4) is 0 Å². The van der Waals surface area contributed by atoms with Crippen LogP contribution in [0.2, 0.25) is 0 Å². The van der Waals surface area contributed by atoms with Gasteiger partial charge in [0.1, 0.15) is 0 Å². The summed E-state index contributed by atoms with van der Waals surface area (Å²) in [5.41, 5.74) is 2.12. The van der Waals surface area contributed by atoms with Crippen molar-refractivity contribution >= 4 is 5.91 Å². The van der Waals surface area contributed by atoms with E-state index in [9.17, 15) is 9.59 Å². The monoisotopic (exact) mass is 325 g/mol. The number of carbonyl (C=O) groups is 1. The van der Waals surface area contributed by atoms with Gasteiger partial charge in [0.15, 0.2) is 0 Å². The van der Waals surface area contributed by atoms with Crippen LogP contribution in [0, 0.1) is 0 Å². The van der Waals surface area contributed by atoms with Gasteiger partial charge in [-0.2, -0.15) is 0 Å². The number of amides is 1. The lowest BCUT2D eigenvalue weighted by molar-refractivity contribution is -0.123. The SMILES string of the molecule is O=C(NCc1ccc(Cn2ccccc2=O)cc1)C1CCCCN1. The molecule has 2 aromatic rings. The van der Waals surface area contributed by atoms with Gasteiger partial charge >= 0.3 is 0 Å². The molecule has 2 N–H and O–H groups in total. The Morgan fingerprint density at radius 1 is 1.12 bits per heavy atom. The minimum atomic E-state index is -0.0528. The Balaban J connectivity index is 1.54. The molecule has 3 rings (SSSR count). The van der Waals surface area contributed by atoms with Crippen LogP contribution in [0.1, 0.15) is 30.4 Å². The van der Waals surface area contributed by atoms with Gasteiger partial charge in [-0.1, -0.05) is 36.8 Å². The van der Waals surface area contributed by atoms with Crippen LogP contribution in [0.15, 0.2) is 53.5 Å². The van der Waals surface area contributed by atoms with Crippen LogP contribution < -0.4 is 16.2 Å². The van der Waals surface area contributed by atoms with Crippen LogP contribution in [-0.2, 0) is 17.9 Å². The van der Waals surface area contributed by atoms with E-state index in [2.05, 4.69) is 10.6 Å². The van der Waals surface area contributed by atoms with Gasteiger partial charge in [-0.15, -0.1) is 0 Å². The maximum atomic E-state index is 12.1. The maximum absolute atomic E-state index is 12.1. The Bertz CT molecular complexity index is 731. The summed E-state index contributed by atoms with van der Waals surface area (Å²) in [5, 5.41) is 6.24. The highest BCUT2D eigenvalue weighted by molar-refractivity contribution is 5.81. The van der Waals surface area contributed by atoms with Crippen molar-refractivity contribution in [3.05, 3.63) is 70.1 Å². The molecular weight excluding hydrogens is 302 g/mol. The van der Waals surface area contributed by atoms with E-state index in [1.54, 1.807) is 22.9 Å². The van der Waals surface area contributed by atoms with Gasteiger partial charge in [-0.25, -0.2) is 0 Å². The van der Waals surface area contributed by atoms with E-state index in [1.165, 1.54) is 0 Å². The Labute approximate surface area is 141 Å². The molecule has 126 valence electrons. The number of rotatable bonds is 5. The van der Waals surface area contributed by atoms with Crippen molar-refractivity contribution in [1.82, 2.24) is 15.2 Å². The van der Waals surface area contributed by atoms with Gasteiger partial charge in [-0.05, 0) is 36.6 Å². The van der Waals surface area contributed by atoms with Crippen molar-refractivity contribution in [2.24, 2.45) is 0 Å². The number of nitrogens with one attached hydrogen (secondary N) is 2. The van der Waals surface area contributed by atoms with Crippen molar-refractivity contribution in [3.63, 3.8) is 0 Å². The Kier molecular flexibility index (Phi) is 5.43. The summed E-state index contributed by atoms with van der Waals surface area (Å²) in [5.74, 6) is 0.0783. The Morgan fingerprint density at radius 3 is 2.62 bits per heavy atom. The van der Waals surface area contributed by atoms with E-state index >= 15 is 0 Å². The first-order chi connectivity index (χ1) is 11.7. The molecule has 1 saturated heterocycles. The van der Waals surface area contributed by atoms with Gasteiger partial charge in [0.05, 0.1) is 12.6 Å². The molecule has 0 aliphatic carbocycles. The fourth-order valence-corrected chi connectivity index (χ4v) is 2.94. The molecular formula is C19H23N3O2. The molecule has 1 aliphatic heterocycles. The van der Waals surface area contributed by atoms with E-state index in [0.717, 1.165) is 36.9 Å². The molecule has 1 aromatic carbocycles. The fourth-order valence-electron chi connectivity index (χ4n) is 2.94. The van der Waals surface area contributed by atoms with Crippen LogP contribution in [-0.4, -0.2) is 23.1 Å². The number of benzene rings is 1. The molecule has 2 heterocycles. The molecule has 0 saturated carbocycles. The van der Waals surface area contributed by atoms with Crippen LogP contribution in [0.25, 0.3) is 0 Å². The minimum absolute atomic E-state index is 0.00572. The third-order valence-electron chi connectivity index (χ3n) is 4.37. The van der Waals surface area contributed by atoms with E-state index in [1.807, 2.05) is 30.3 Å². The highest BCUT2D eigenvalue weighted by atomic mass is 16.2. The summed E-state index contributed by atoms with van der Waals surface area (Å²) in [6.45, 7) is 2.01. The molecule has 1 fully saturated rings. The molecule has 1 atom stereocenters. The summed E-state index contributed by atoms with van der Waals surface area (Å²) in [6, 6.07) is 13.1. The first-order valence-electron chi connectivity index (χ1n) is 8.47. The van der Waals surface area contributed by atoms with Crippen molar-refractivity contribution in [2.75, 3.05) is 6.54 Å². The summed E-state index contributed by atoms with van der Waals surface area (Å²) >= 11 is 0. The molecule has 1 aromatic heterocycles. The van der Waals surface area contributed by atoms with Gasteiger partial charge in [-0.3, -0.25) is 9.59 Å². The minimum Gasteiger partial charge on any atom is -0.351 e. The van der Waals surface area contributed by atoms with E-state index < -0.39 is 0 Å². The number of hydrogen-bond acceptors (Lipinski definition) is 3. The van der Waals surface area contributed by atoms with Gasteiger partial charge in [0, 0.05) is 18.8 Å². The Hall–Kier alpha value is -2.40. The lowest BCUT2D eigenvalue weighted by Gasteiger charge is -2.22. The molecule has 0 bridgehead atoms. The molecule has 0 spiro atoms. The molecule has 1 amide bonds. The maximum Gasteiger partial charge on any atom is 0.250 e. The quantitative estimate of drug-likeness (QED) is 0.879. The summed E-state index contributed by atoms with van der Waals surface area (Å²) in [6.07, 6.45) is 4.96. The Morgan fingerprint density at radius 2 is 1.92 bits per heavy atom. The third-order valence-corrected chi connectivity index (χ3v) is 4.37. The summed E-state index contributed by atoms with van der Waals surface area (Å²) in [7, 11) is 0. The average molecular weight is 325 g/mol. The predicted octanol–water partition coefficient (Wildman–Crippen LogP) is 1.65. The largest absolute Gasteiger partial charge is 0.351 e. The molecule has 24 heavy (non-hydrogen) atoms. The highest BCUT2D eigenvalue weighted by Crippen LogP contribution is 2.08. The van der Waals surface area contributed by atoms with E-state index in [4.69, 9.17) is 0 Å². The zero-order valence-corrected chi connectivity index (χ0v) is 13.7. The van der Waals surface area contributed by atoms with Gasteiger partial charge < -0.3 is 15.2 Å². The number of carbonyl (C=O) groups excluding carboxylic acids is 1. The zero-order valence-electron chi connectivity index (χ0n) is 13.7. The average Bonchev–Trinajstić information content (AvgIpc) is 2.63. The predicted molar refractivity (Wildman–Crippen MR) is 93.7 cm³/mol. The van der Waals surface area contributed by atoms with Gasteiger partial charge in [0.25, 0.3) is 5.56 Å². The van der Waals surface area contributed by atoms with Crippen molar-refractivity contribution in [2.45, 2.75) is 38.4 Å². The lowest BCUT2D eigenvalue weighted by atomic mass is 10.0. The number of pyridine rings is 1. The molecule has 1 unspecified atom stereocenters. The first kappa shape index (κ1) is 16.5. The summed E-state index contributed by atoms with van der Waals surface area (Å²) < 4.78 is 1.67. The van der Waals surface area contributed by atoms with Crippen LogP contribution in [0.3, 0.4) is 0 Å². The van der Waals surface area contributed by atoms with Crippen molar-refractivity contribution in [1.29, 1.82) is 0 Å². The van der Waals surface area contributed by atoms with E-state index in [0.29, 0.717) is 13.1 Å². The number of aromatic nitrogens is 1. The van der Waals surface area contributed by atoms with Crippen molar-refractivity contribution < 1.29 is 4.79 Å². The number of piperidine rings is 1. The molecule has 5 nitrogen and oxygen atoms in total. The second-order valence-corrected chi connectivity index (χ2v) is 6.20. The van der Waals surface area contributed by atoms with Crippen LogP contribution in [0.4, 0.5) is 0 Å². The number of hydrogen-bond donors (Lipinski definition) is 2. The molecule has 1 aliphatic rings. The second-order valence-electron chi connectivity index (χ2n) is 6.20. The fraction of sp³-hybridized carbons (Fsp3) is 0.368. The topological polar surface area (TPSA) is 63.1 Å². The first-order valence-corrected chi connectivity index (χ1v) is 8.47. The zero-order chi connectivity index (χ0) is 16.8. The van der Waals surface area contributed by atoms with Crippen LogP contribution in [0.5, 0.6) is 0 Å².